The van der Waals surface area contributed by atoms with Crippen LogP contribution in [0.25, 0.3) is 0 Å². The Morgan fingerprint density at radius 3 is 2.15 bits per heavy atom. The van der Waals surface area contributed by atoms with E-state index in [1.54, 1.807) is 23.5 Å². The second kappa shape index (κ2) is 11.2. The molecular weight excluding hydrogens is 478 g/mol. The SMILES string of the molecule is O=C(O)CC(O)(CC(=O)O)C(=O)O.O=C(O)[C@H](c1ccccc1Cl)N1CCc2sccc2C1. The second-order valence-corrected chi connectivity index (χ2v) is 8.74. The van der Waals surface area contributed by atoms with Gasteiger partial charge in [0.15, 0.2) is 5.60 Å². The van der Waals surface area contributed by atoms with E-state index in [2.05, 4.69) is 11.4 Å². The summed E-state index contributed by atoms with van der Waals surface area (Å²) in [5, 5.41) is 46.0. The maximum absolute atomic E-state index is 11.7. The largest absolute Gasteiger partial charge is 0.481 e. The normalized spacial score (nSPS) is 14.4. The average molecular weight is 500 g/mol. The van der Waals surface area contributed by atoms with Crippen LogP contribution in [-0.2, 0) is 32.1 Å². The van der Waals surface area contributed by atoms with E-state index < -0.39 is 48.4 Å². The van der Waals surface area contributed by atoms with E-state index >= 15 is 0 Å². The van der Waals surface area contributed by atoms with Crippen molar-refractivity contribution in [3.05, 3.63) is 56.7 Å². The summed E-state index contributed by atoms with van der Waals surface area (Å²) in [7, 11) is 0. The minimum absolute atomic E-state index is 0.510. The van der Waals surface area contributed by atoms with E-state index in [0.29, 0.717) is 17.1 Å². The highest BCUT2D eigenvalue weighted by atomic mass is 35.5. The molecule has 0 radical (unpaired) electrons. The van der Waals surface area contributed by atoms with Gasteiger partial charge in [-0.25, -0.2) is 4.79 Å². The maximum atomic E-state index is 11.7. The summed E-state index contributed by atoms with van der Waals surface area (Å²) in [6, 6.07) is 8.58. The molecule has 0 fully saturated rings. The van der Waals surface area contributed by atoms with Gasteiger partial charge in [-0.15, -0.1) is 11.3 Å². The second-order valence-electron chi connectivity index (χ2n) is 7.33. The molecule has 0 saturated carbocycles. The fraction of sp³-hybridized carbons (Fsp3) is 0.333. The number of carboxylic acid groups (broad SMARTS) is 4. The van der Waals surface area contributed by atoms with Crippen molar-refractivity contribution in [3.63, 3.8) is 0 Å². The maximum Gasteiger partial charge on any atom is 0.336 e. The van der Waals surface area contributed by atoms with Gasteiger partial charge in [0.05, 0.1) is 12.8 Å². The van der Waals surface area contributed by atoms with Crippen molar-refractivity contribution in [2.45, 2.75) is 37.5 Å². The van der Waals surface area contributed by atoms with E-state index in [9.17, 15) is 24.3 Å². The molecule has 1 aliphatic heterocycles. The van der Waals surface area contributed by atoms with Crippen molar-refractivity contribution in [2.75, 3.05) is 6.54 Å². The molecule has 3 rings (SSSR count). The fourth-order valence-electron chi connectivity index (χ4n) is 3.39. The van der Waals surface area contributed by atoms with Crippen LogP contribution in [0.3, 0.4) is 0 Å². The Hall–Kier alpha value is -2.99. The van der Waals surface area contributed by atoms with Gasteiger partial charge in [0.25, 0.3) is 0 Å². The molecule has 0 bridgehead atoms. The van der Waals surface area contributed by atoms with Gasteiger partial charge in [0, 0.05) is 23.0 Å². The average Bonchev–Trinajstić information content (AvgIpc) is 3.16. The van der Waals surface area contributed by atoms with Crippen molar-refractivity contribution < 1.29 is 44.7 Å². The first kappa shape index (κ1) is 26.3. The van der Waals surface area contributed by atoms with Gasteiger partial charge in [0.2, 0.25) is 0 Å². The number of hydrogen-bond donors (Lipinski definition) is 5. The number of benzene rings is 1. The monoisotopic (exact) mass is 499 g/mol. The number of carbonyl (C=O) groups is 4. The Bertz CT molecular complexity index is 1020. The van der Waals surface area contributed by atoms with Gasteiger partial charge in [0.1, 0.15) is 6.04 Å². The molecule has 1 aromatic carbocycles. The summed E-state index contributed by atoms with van der Waals surface area (Å²) in [4.78, 5) is 45.5. The smallest absolute Gasteiger partial charge is 0.336 e. The summed E-state index contributed by atoms with van der Waals surface area (Å²) in [6.07, 6.45) is -1.38. The molecule has 178 valence electrons. The van der Waals surface area contributed by atoms with Gasteiger partial charge in [-0.1, -0.05) is 29.8 Å². The van der Waals surface area contributed by atoms with Gasteiger partial charge >= 0.3 is 23.9 Å². The number of nitrogens with zero attached hydrogens (tertiary/aromatic N) is 1. The van der Waals surface area contributed by atoms with Crippen LogP contribution in [0.15, 0.2) is 35.7 Å². The molecule has 2 heterocycles. The minimum Gasteiger partial charge on any atom is -0.481 e. The number of halogens is 1. The van der Waals surface area contributed by atoms with Crippen molar-refractivity contribution in [3.8, 4) is 0 Å². The Kier molecular flexibility index (Phi) is 8.94. The van der Waals surface area contributed by atoms with E-state index in [0.717, 1.165) is 13.0 Å². The number of fused-ring (bicyclic) bond motifs is 1. The predicted octanol–water partition coefficient (Wildman–Crippen LogP) is 2.34. The molecular formula is C21H22ClNO9S. The van der Waals surface area contributed by atoms with Crippen LogP contribution in [0.5, 0.6) is 0 Å². The van der Waals surface area contributed by atoms with Gasteiger partial charge < -0.3 is 25.5 Å². The van der Waals surface area contributed by atoms with Crippen LogP contribution in [0, 0.1) is 0 Å². The van der Waals surface area contributed by atoms with Crippen LogP contribution < -0.4 is 0 Å². The minimum atomic E-state index is -2.74. The molecule has 0 unspecified atom stereocenters. The Labute approximate surface area is 197 Å². The molecule has 0 saturated heterocycles. The standard InChI is InChI=1S/C15H14ClNO2S.C6H8O7/c16-12-4-2-1-3-11(12)14(15(18)19)17-7-5-13-10(9-17)6-8-20-13;7-3(8)1-6(13,5(11)12)2-4(9)10/h1-4,6,8,14H,5,7,9H2,(H,18,19);13H,1-2H2,(H,7,8)(H,9,10)(H,11,12)/t14-;/m0./s1. The number of aliphatic carboxylic acids is 4. The molecule has 1 atom stereocenters. The van der Waals surface area contributed by atoms with Crippen molar-refractivity contribution in [1.82, 2.24) is 4.90 Å². The van der Waals surface area contributed by atoms with Gasteiger partial charge in [-0.3, -0.25) is 19.3 Å². The van der Waals surface area contributed by atoms with Crippen LogP contribution in [0.1, 0.15) is 34.9 Å². The van der Waals surface area contributed by atoms with Crippen molar-refractivity contribution in [2.24, 2.45) is 0 Å². The lowest BCUT2D eigenvalue weighted by Crippen LogP contribution is -2.42. The van der Waals surface area contributed by atoms with Crippen LogP contribution in [-0.4, -0.2) is 66.5 Å². The third-order valence-corrected chi connectivity index (χ3v) is 6.29. The fourth-order valence-corrected chi connectivity index (χ4v) is 4.52. The van der Waals surface area contributed by atoms with Crippen molar-refractivity contribution >= 4 is 46.8 Å². The van der Waals surface area contributed by atoms with Crippen LogP contribution in [0.2, 0.25) is 5.02 Å². The topological polar surface area (TPSA) is 173 Å². The first-order valence-corrected chi connectivity index (χ1v) is 10.9. The lowest BCUT2D eigenvalue weighted by Gasteiger charge is -2.32. The first-order valence-electron chi connectivity index (χ1n) is 9.60. The first-order chi connectivity index (χ1) is 15.4. The van der Waals surface area contributed by atoms with E-state index in [1.807, 2.05) is 17.0 Å². The molecule has 10 nitrogen and oxygen atoms in total. The van der Waals surface area contributed by atoms with Crippen LogP contribution >= 0.6 is 22.9 Å². The quantitative estimate of drug-likeness (QED) is 0.362. The summed E-state index contributed by atoms with van der Waals surface area (Å²) >= 11 is 7.92. The number of hydrogen-bond acceptors (Lipinski definition) is 7. The third kappa shape index (κ3) is 6.99. The van der Waals surface area contributed by atoms with Crippen molar-refractivity contribution in [1.29, 1.82) is 0 Å². The third-order valence-electron chi connectivity index (χ3n) is 4.92. The number of aliphatic hydroxyl groups is 1. The lowest BCUT2D eigenvalue weighted by atomic mass is 9.96. The zero-order chi connectivity index (χ0) is 24.8. The molecule has 0 spiro atoms. The highest BCUT2D eigenvalue weighted by molar-refractivity contribution is 7.10. The molecule has 33 heavy (non-hydrogen) atoms. The molecule has 5 N–H and O–H groups in total. The van der Waals surface area contributed by atoms with Gasteiger partial charge in [-0.2, -0.15) is 0 Å². The Morgan fingerprint density at radius 1 is 1.03 bits per heavy atom. The molecule has 1 aromatic heterocycles. The summed E-state index contributed by atoms with van der Waals surface area (Å²) in [5.74, 6) is -5.87. The summed E-state index contributed by atoms with van der Waals surface area (Å²) in [6.45, 7) is 1.41. The van der Waals surface area contributed by atoms with Gasteiger partial charge in [-0.05, 0) is 35.1 Å². The highest BCUT2D eigenvalue weighted by Crippen LogP contribution is 2.33. The number of carboxylic acids is 4. The predicted molar refractivity (Wildman–Crippen MR) is 117 cm³/mol. The number of thiophene rings is 1. The molecule has 0 aliphatic carbocycles. The highest BCUT2D eigenvalue weighted by Gasteiger charge is 2.40. The number of rotatable bonds is 8. The zero-order valence-electron chi connectivity index (χ0n) is 17.2. The lowest BCUT2D eigenvalue weighted by molar-refractivity contribution is -0.170. The molecule has 0 amide bonds. The molecule has 12 heteroatoms. The summed E-state index contributed by atoms with van der Waals surface area (Å²) < 4.78 is 0. The summed E-state index contributed by atoms with van der Waals surface area (Å²) in [5.41, 5.74) is -0.836. The Morgan fingerprint density at radius 2 is 1.64 bits per heavy atom. The molecule has 2 aromatic rings. The molecule has 1 aliphatic rings. The Balaban J connectivity index is 0.000000260. The van der Waals surface area contributed by atoms with Crippen LogP contribution in [0.4, 0.5) is 0 Å². The van der Waals surface area contributed by atoms with E-state index in [1.165, 1.54) is 10.4 Å². The van der Waals surface area contributed by atoms with E-state index in [4.69, 9.17) is 32.0 Å². The zero-order valence-corrected chi connectivity index (χ0v) is 18.8. The van der Waals surface area contributed by atoms with E-state index in [-0.39, 0.29) is 0 Å².